The van der Waals surface area contributed by atoms with Gasteiger partial charge in [0.15, 0.2) is 0 Å². The van der Waals surface area contributed by atoms with Gasteiger partial charge in [-0.15, -0.1) is 0 Å². The molecule has 3 aromatic rings. The van der Waals surface area contributed by atoms with Crippen molar-refractivity contribution < 1.29 is 9.52 Å². The lowest BCUT2D eigenvalue weighted by Crippen LogP contribution is -2.29. The fraction of sp³-hybridized carbons (Fsp3) is 0.278. The minimum atomic E-state index is -0.355. The van der Waals surface area contributed by atoms with Crippen LogP contribution >= 0.6 is 0 Å². The first-order valence-electron chi connectivity index (χ1n) is 7.67. The largest absolute Gasteiger partial charge is 0.508 e. The van der Waals surface area contributed by atoms with Crippen LogP contribution in [0.15, 0.2) is 45.6 Å². The maximum Gasteiger partial charge on any atom is 0.344 e. The van der Waals surface area contributed by atoms with E-state index in [-0.39, 0.29) is 11.4 Å². The minimum Gasteiger partial charge on any atom is -0.508 e. The Bertz CT molecular complexity index is 907. The maximum absolute atomic E-state index is 12.3. The van der Waals surface area contributed by atoms with E-state index >= 15 is 0 Å². The Labute approximate surface area is 127 Å². The van der Waals surface area contributed by atoms with Crippen LogP contribution in [0.1, 0.15) is 19.3 Å². The van der Waals surface area contributed by atoms with E-state index in [9.17, 15) is 9.90 Å². The van der Waals surface area contributed by atoms with E-state index in [4.69, 9.17) is 4.42 Å². The maximum atomic E-state index is 12.3. The summed E-state index contributed by atoms with van der Waals surface area (Å²) in [5.74, 6) is 0.0972. The van der Waals surface area contributed by atoms with Crippen molar-refractivity contribution >= 4 is 27.4 Å². The number of benzene rings is 2. The molecule has 2 heterocycles. The fourth-order valence-corrected chi connectivity index (χ4v) is 3.26. The third-order valence-corrected chi connectivity index (χ3v) is 4.40. The number of rotatable bonds is 1. The molecular weight excluding hydrogens is 278 g/mol. The standard InChI is InChI=1S/C18H17NO3/c20-13-5-7-15-14-6-4-12(19-8-2-1-3-9-19)10-16(14)18(21)22-17(15)11-13/h4-7,10-11,20H,1-3,8-9H2. The van der Waals surface area contributed by atoms with Crippen molar-refractivity contribution in [1.29, 1.82) is 0 Å². The van der Waals surface area contributed by atoms with Gasteiger partial charge in [-0.1, -0.05) is 6.07 Å². The molecule has 0 saturated carbocycles. The predicted octanol–water partition coefficient (Wildman–Crippen LogP) is 3.64. The number of hydrogen-bond donors (Lipinski definition) is 1. The van der Waals surface area contributed by atoms with Crippen LogP contribution < -0.4 is 10.5 Å². The van der Waals surface area contributed by atoms with Crippen molar-refractivity contribution in [2.75, 3.05) is 18.0 Å². The quantitative estimate of drug-likeness (QED) is 0.550. The summed E-state index contributed by atoms with van der Waals surface area (Å²) in [6.07, 6.45) is 3.67. The predicted molar refractivity (Wildman–Crippen MR) is 87.7 cm³/mol. The molecule has 22 heavy (non-hydrogen) atoms. The van der Waals surface area contributed by atoms with Gasteiger partial charge >= 0.3 is 5.63 Å². The van der Waals surface area contributed by atoms with E-state index < -0.39 is 0 Å². The third kappa shape index (κ3) is 2.11. The number of phenolic OH excluding ortho intramolecular Hbond substituents is 1. The van der Waals surface area contributed by atoms with Crippen LogP contribution in [-0.2, 0) is 0 Å². The normalized spacial score (nSPS) is 15.5. The molecule has 0 bridgehead atoms. The second kappa shape index (κ2) is 5.05. The van der Waals surface area contributed by atoms with Crippen LogP contribution in [0, 0.1) is 0 Å². The SMILES string of the molecule is O=c1oc2cc(O)ccc2c2ccc(N3CCCCC3)cc12. The van der Waals surface area contributed by atoms with Gasteiger partial charge in [-0.25, -0.2) is 4.79 Å². The summed E-state index contributed by atoms with van der Waals surface area (Å²) in [6.45, 7) is 2.08. The van der Waals surface area contributed by atoms with Crippen LogP contribution in [0.2, 0.25) is 0 Å². The minimum absolute atomic E-state index is 0.0972. The first-order valence-corrected chi connectivity index (χ1v) is 7.67. The summed E-state index contributed by atoms with van der Waals surface area (Å²) in [5, 5.41) is 11.8. The van der Waals surface area contributed by atoms with Gasteiger partial charge in [-0.3, -0.25) is 0 Å². The highest BCUT2D eigenvalue weighted by Crippen LogP contribution is 2.29. The molecule has 2 aromatic carbocycles. The topological polar surface area (TPSA) is 53.7 Å². The lowest BCUT2D eigenvalue weighted by molar-refractivity contribution is 0.473. The van der Waals surface area contributed by atoms with E-state index in [1.807, 2.05) is 12.1 Å². The Kier molecular flexibility index (Phi) is 3.03. The zero-order valence-corrected chi connectivity index (χ0v) is 12.2. The summed E-state index contributed by atoms with van der Waals surface area (Å²) in [7, 11) is 0. The first kappa shape index (κ1) is 13.2. The van der Waals surface area contributed by atoms with E-state index in [1.54, 1.807) is 12.1 Å². The molecule has 4 nitrogen and oxygen atoms in total. The van der Waals surface area contributed by atoms with Gasteiger partial charge in [0.1, 0.15) is 11.3 Å². The van der Waals surface area contributed by atoms with Gasteiger partial charge in [-0.2, -0.15) is 0 Å². The average molecular weight is 295 g/mol. The van der Waals surface area contributed by atoms with Crippen molar-refractivity contribution in [2.45, 2.75) is 19.3 Å². The molecule has 1 aliphatic rings. The number of fused-ring (bicyclic) bond motifs is 3. The molecule has 1 fully saturated rings. The van der Waals surface area contributed by atoms with E-state index in [1.165, 1.54) is 25.3 Å². The van der Waals surface area contributed by atoms with Crippen molar-refractivity contribution in [3.63, 3.8) is 0 Å². The molecule has 0 amide bonds. The summed E-state index contributed by atoms with van der Waals surface area (Å²) < 4.78 is 5.36. The fourth-order valence-electron chi connectivity index (χ4n) is 3.26. The van der Waals surface area contributed by atoms with Crippen LogP contribution in [0.25, 0.3) is 21.7 Å². The Morgan fingerprint density at radius 1 is 0.909 bits per heavy atom. The van der Waals surface area contributed by atoms with E-state index in [2.05, 4.69) is 11.0 Å². The highest BCUT2D eigenvalue weighted by molar-refractivity contribution is 6.05. The molecule has 1 aromatic heterocycles. The Morgan fingerprint density at radius 3 is 2.50 bits per heavy atom. The summed E-state index contributed by atoms with van der Waals surface area (Å²) in [6, 6.07) is 10.9. The summed E-state index contributed by atoms with van der Waals surface area (Å²) in [5.41, 5.74) is 1.15. The van der Waals surface area contributed by atoms with Crippen LogP contribution in [0.4, 0.5) is 5.69 Å². The Morgan fingerprint density at radius 2 is 1.68 bits per heavy atom. The molecule has 0 unspecified atom stereocenters. The number of aromatic hydroxyl groups is 1. The molecule has 1 aliphatic heterocycles. The molecule has 1 N–H and O–H groups in total. The molecule has 0 spiro atoms. The molecular formula is C18H17NO3. The second-order valence-corrected chi connectivity index (χ2v) is 5.85. The summed E-state index contributed by atoms with van der Waals surface area (Å²) in [4.78, 5) is 14.6. The zero-order chi connectivity index (χ0) is 15.1. The van der Waals surface area contributed by atoms with Crippen molar-refractivity contribution in [3.05, 3.63) is 46.8 Å². The van der Waals surface area contributed by atoms with Gasteiger partial charge in [-0.05, 0) is 43.5 Å². The molecule has 0 aliphatic carbocycles. The third-order valence-electron chi connectivity index (χ3n) is 4.40. The van der Waals surface area contributed by atoms with Gasteiger partial charge in [0.05, 0.1) is 5.39 Å². The van der Waals surface area contributed by atoms with Crippen LogP contribution in [-0.4, -0.2) is 18.2 Å². The number of phenols is 1. The van der Waals surface area contributed by atoms with Gasteiger partial charge in [0, 0.05) is 35.6 Å². The number of anilines is 1. The first-order chi connectivity index (χ1) is 10.7. The van der Waals surface area contributed by atoms with Gasteiger partial charge in [0.25, 0.3) is 0 Å². The number of piperidine rings is 1. The molecule has 4 rings (SSSR count). The average Bonchev–Trinajstić information content (AvgIpc) is 2.55. The summed E-state index contributed by atoms with van der Waals surface area (Å²) >= 11 is 0. The number of nitrogens with zero attached hydrogens (tertiary/aromatic N) is 1. The highest BCUT2D eigenvalue weighted by atomic mass is 16.4. The zero-order valence-electron chi connectivity index (χ0n) is 12.2. The van der Waals surface area contributed by atoms with E-state index in [0.717, 1.165) is 29.5 Å². The lowest BCUT2D eigenvalue weighted by Gasteiger charge is -2.28. The highest BCUT2D eigenvalue weighted by Gasteiger charge is 2.14. The molecule has 1 saturated heterocycles. The van der Waals surface area contributed by atoms with Crippen molar-refractivity contribution in [1.82, 2.24) is 0 Å². The monoisotopic (exact) mass is 295 g/mol. The van der Waals surface area contributed by atoms with E-state index in [0.29, 0.717) is 11.0 Å². The molecule has 112 valence electrons. The van der Waals surface area contributed by atoms with Crippen molar-refractivity contribution in [3.8, 4) is 5.75 Å². The Balaban J connectivity index is 1.93. The molecule has 4 heteroatoms. The van der Waals surface area contributed by atoms with Crippen LogP contribution in [0.3, 0.4) is 0 Å². The molecule has 0 radical (unpaired) electrons. The van der Waals surface area contributed by atoms with Crippen LogP contribution in [0.5, 0.6) is 5.75 Å². The Hall–Kier alpha value is -2.49. The lowest BCUT2D eigenvalue weighted by atomic mass is 10.1. The molecule has 0 atom stereocenters. The smallest absolute Gasteiger partial charge is 0.344 e. The van der Waals surface area contributed by atoms with Gasteiger partial charge in [0.2, 0.25) is 0 Å². The number of hydrogen-bond acceptors (Lipinski definition) is 4. The second-order valence-electron chi connectivity index (χ2n) is 5.85. The van der Waals surface area contributed by atoms with Crippen molar-refractivity contribution in [2.24, 2.45) is 0 Å². The van der Waals surface area contributed by atoms with Gasteiger partial charge < -0.3 is 14.4 Å².